The quantitative estimate of drug-likeness (QED) is 0.727. The number of nitrogens with zero attached hydrogens (tertiary/aromatic N) is 1. The average Bonchev–Trinajstić information content (AvgIpc) is 3.25. The van der Waals surface area contributed by atoms with E-state index in [2.05, 4.69) is 10.9 Å². The van der Waals surface area contributed by atoms with E-state index in [1.54, 1.807) is 18.2 Å². The molecule has 2 heterocycles. The number of hydrogen-bond donors (Lipinski definition) is 2. The van der Waals surface area contributed by atoms with Crippen LogP contribution < -0.4 is 10.9 Å². The first-order valence-corrected chi connectivity index (χ1v) is 6.61. The van der Waals surface area contributed by atoms with Crippen molar-refractivity contribution in [1.82, 2.24) is 15.4 Å². The lowest BCUT2D eigenvalue weighted by Crippen LogP contribution is -2.41. The Morgan fingerprint density at radius 3 is 2.18 bits per heavy atom. The zero-order valence-electron chi connectivity index (χ0n) is 11.5. The third kappa shape index (κ3) is 2.90. The number of carbonyl (C=O) groups excluding carboxylic acids is 2. The van der Waals surface area contributed by atoms with Crippen LogP contribution in [0.25, 0.3) is 5.69 Å². The predicted molar refractivity (Wildman–Crippen MR) is 79.4 cm³/mol. The second-order valence-electron chi connectivity index (χ2n) is 4.52. The molecule has 0 radical (unpaired) electrons. The second kappa shape index (κ2) is 6.01. The third-order valence-electron chi connectivity index (χ3n) is 3.07. The molecule has 0 fully saturated rings. The number of carbonyl (C=O) groups is 2. The van der Waals surface area contributed by atoms with Crippen LogP contribution in [0.4, 0.5) is 0 Å². The lowest BCUT2D eigenvalue weighted by molar-refractivity contribution is 0.0831. The molecule has 3 rings (SSSR count). The van der Waals surface area contributed by atoms with Gasteiger partial charge in [-0.15, -0.1) is 0 Å². The number of amides is 2. The molecule has 0 spiro atoms. The maximum Gasteiger partial charge on any atom is 0.305 e. The molecule has 2 amide bonds. The molecule has 110 valence electrons. The molecule has 22 heavy (non-hydrogen) atoms. The summed E-state index contributed by atoms with van der Waals surface area (Å²) in [6.07, 6.45) is 5.22. The molecule has 6 nitrogen and oxygen atoms in total. The molecule has 0 aliphatic rings. The van der Waals surface area contributed by atoms with Crippen LogP contribution in [-0.4, -0.2) is 16.4 Å². The van der Waals surface area contributed by atoms with Gasteiger partial charge in [0.25, 0.3) is 5.91 Å². The zero-order valence-corrected chi connectivity index (χ0v) is 11.5. The number of aromatic nitrogens is 1. The summed E-state index contributed by atoms with van der Waals surface area (Å²) in [6, 6.07) is 14.0. The first-order valence-electron chi connectivity index (χ1n) is 6.61. The van der Waals surface area contributed by atoms with Gasteiger partial charge >= 0.3 is 5.91 Å². The van der Waals surface area contributed by atoms with E-state index in [4.69, 9.17) is 4.42 Å². The summed E-state index contributed by atoms with van der Waals surface area (Å²) in [4.78, 5) is 23.6. The molecule has 0 bridgehead atoms. The van der Waals surface area contributed by atoms with Crippen LogP contribution in [0, 0.1) is 0 Å². The molecule has 0 unspecified atom stereocenters. The summed E-state index contributed by atoms with van der Waals surface area (Å²) in [6.45, 7) is 0. The Kier molecular flexibility index (Phi) is 3.74. The molecule has 0 aliphatic heterocycles. The maximum absolute atomic E-state index is 12.0. The smallest absolute Gasteiger partial charge is 0.305 e. The Morgan fingerprint density at radius 1 is 0.864 bits per heavy atom. The van der Waals surface area contributed by atoms with Crippen LogP contribution in [-0.2, 0) is 0 Å². The SMILES string of the molecule is O=C(NNC(=O)c1ccco1)c1ccc(-n2cccc2)cc1. The lowest BCUT2D eigenvalue weighted by atomic mass is 10.2. The van der Waals surface area contributed by atoms with Crippen LogP contribution in [0.15, 0.2) is 71.6 Å². The van der Waals surface area contributed by atoms with Crippen LogP contribution in [0.2, 0.25) is 0 Å². The van der Waals surface area contributed by atoms with Crippen molar-refractivity contribution in [2.45, 2.75) is 0 Å². The number of benzene rings is 1. The van der Waals surface area contributed by atoms with Crippen LogP contribution in [0.5, 0.6) is 0 Å². The summed E-state index contributed by atoms with van der Waals surface area (Å²) < 4.78 is 6.86. The summed E-state index contributed by atoms with van der Waals surface area (Å²) in [7, 11) is 0. The molecule has 3 aromatic rings. The predicted octanol–water partition coefficient (Wildman–Crippen LogP) is 2.15. The van der Waals surface area contributed by atoms with E-state index in [1.807, 2.05) is 41.2 Å². The van der Waals surface area contributed by atoms with E-state index in [0.717, 1.165) is 5.69 Å². The van der Waals surface area contributed by atoms with Crippen molar-refractivity contribution in [3.05, 3.63) is 78.5 Å². The van der Waals surface area contributed by atoms with Gasteiger partial charge in [0.05, 0.1) is 6.26 Å². The Bertz CT molecular complexity index is 760. The van der Waals surface area contributed by atoms with Gasteiger partial charge < -0.3 is 8.98 Å². The van der Waals surface area contributed by atoms with Gasteiger partial charge in [0.2, 0.25) is 0 Å². The fourth-order valence-corrected chi connectivity index (χ4v) is 1.95. The van der Waals surface area contributed by atoms with Gasteiger partial charge in [0.1, 0.15) is 0 Å². The highest BCUT2D eigenvalue weighted by Crippen LogP contribution is 2.09. The average molecular weight is 295 g/mol. The lowest BCUT2D eigenvalue weighted by Gasteiger charge is -2.07. The van der Waals surface area contributed by atoms with Gasteiger partial charge in [0, 0.05) is 23.6 Å². The molecule has 2 aromatic heterocycles. The normalized spacial score (nSPS) is 10.2. The maximum atomic E-state index is 12.0. The molecule has 2 N–H and O–H groups in total. The van der Waals surface area contributed by atoms with Gasteiger partial charge in [-0.25, -0.2) is 0 Å². The topological polar surface area (TPSA) is 76.3 Å². The number of furan rings is 1. The van der Waals surface area contributed by atoms with Crippen molar-refractivity contribution < 1.29 is 14.0 Å². The highest BCUT2D eigenvalue weighted by atomic mass is 16.3. The molecule has 0 aliphatic carbocycles. The van der Waals surface area contributed by atoms with Crippen molar-refractivity contribution >= 4 is 11.8 Å². The van der Waals surface area contributed by atoms with Crippen molar-refractivity contribution in [3.63, 3.8) is 0 Å². The van der Waals surface area contributed by atoms with E-state index in [1.165, 1.54) is 12.3 Å². The largest absolute Gasteiger partial charge is 0.459 e. The van der Waals surface area contributed by atoms with Gasteiger partial charge in [-0.1, -0.05) is 0 Å². The number of hydrazine groups is 1. The first kappa shape index (κ1) is 13.7. The Morgan fingerprint density at radius 2 is 1.55 bits per heavy atom. The fourth-order valence-electron chi connectivity index (χ4n) is 1.95. The molecule has 0 saturated carbocycles. The molecule has 0 saturated heterocycles. The highest BCUT2D eigenvalue weighted by Gasteiger charge is 2.10. The molecular weight excluding hydrogens is 282 g/mol. The minimum atomic E-state index is -0.512. The molecular formula is C16H13N3O3. The van der Waals surface area contributed by atoms with E-state index >= 15 is 0 Å². The van der Waals surface area contributed by atoms with Gasteiger partial charge in [-0.3, -0.25) is 20.4 Å². The highest BCUT2D eigenvalue weighted by molar-refractivity contribution is 5.98. The minimum Gasteiger partial charge on any atom is -0.459 e. The van der Waals surface area contributed by atoms with Crippen molar-refractivity contribution in [3.8, 4) is 5.69 Å². The summed E-state index contributed by atoms with van der Waals surface area (Å²) in [5.41, 5.74) is 6.01. The van der Waals surface area contributed by atoms with Crippen LogP contribution >= 0.6 is 0 Å². The Balaban J connectivity index is 1.62. The number of hydrogen-bond acceptors (Lipinski definition) is 3. The minimum absolute atomic E-state index is 0.128. The van der Waals surface area contributed by atoms with Crippen molar-refractivity contribution in [2.75, 3.05) is 0 Å². The van der Waals surface area contributed by atoms with E-state index < -0.39 is 11.8 Å². The number of rotatable bonds is 3. The molecule has 0 atom stereocenters. The number of nitrogens with one attached hydrogen (secondary N) is 2. The van der Waals surface area contributed by atoms with Gasteiger partial charge in [-0.2, -0.15) is 0 Å². The molecule has 6 heteroatoms. The first-order chi connectivity index (χ1) is 10.7. The Labute approximate surface area is 126 Å². The monoisotopic (exact) mass is 295 g/mol. The molecule has 1 aromatic carbocycles. The van der Waals surface area contributed by atoms with Gasteiger partial charge in [0.15, 0.2) is 5.76 Å². The van der Waals surface area contributed by atoms with Crippen molar-refractivity contribution in [2.24, 2.45) is 0 Å². The van der Waals surface area contributed by atoms with Crippen LogP contribution in [0.1, 0.15) is 20.9 Å². The zero-order chi connectivity index (χ0) is 15.4. The summed E-state index contributed by atoms with van der Waals surface area (Å²) in [5.74, 6) is -0.787. The Hall–Kier alpha value is -3.28. The summed E-state index contributed by atoms with van der Waals surface area (Å²) >= 11 is 0. The second-order valence-corrected chi connectivity index (χ2v) is 4.52. The van der Waals surface area contributed by atoms with Crippen molar-refractivity contribution in [1.29, 1.82) is 0 Å². The third-order valence-corrected chi connectivity index (χ3v) is 3.07. The van der Waals surface area contributed by atoms with Gasteiger partial charge in [-0.05, 0) is 48.5 Å². The van der Waals surface area contributed by atoms with E-state index in [-0.39, 0.29) is 5.76 Å². The fraction of sp³-hybridized carbons (Fsp3) is 0. The standard InChI is InChI=1S/C16H13N3O3/c20-15(17-18-16(21)14-4-3-11-22-14)12-5-7-13(8-6-12)19-9-1-2-10-19/h1-11H,(H,17,20)(H,18,21). The van der Waals surface area contributed by atoms with E-state index in [0.29, 0.717) is 5.56 Å². The van der Waals surface area contributed by atoms with Crippen LogP contribution in [0.3, 0.4) is 0 Å². The summed E-state index contributed by atoms with van der Waals surface area (Å²) in [5, 5.41) is 0. The van der Waals surface area contributed by atoms with E-state index in [9.17, 15) is 9.59 Å².